The highest BCUT2D eigenvalue weighted by atomic mass is 16.2. The third kappa shape index (κ3) is 2.71. The van der Waals surface area contributed by atoms with Crippen LogP contribution in [0.25, 0.3) is 0 Å². The quantitative estimate of drug-likeness (QED) is 0.768. The van der Waals surface area contributed by atoms with Gasteiger partial charge in [0, 0.05) is 19.6 Å². The van der Waals surface area contributed by atoms with Gasteiger partial charge in [0.2, 0.25) is 5.91 Å². The van der Waals surface area contributed by atoms with Crippen LogP contribution < -0.4 is 5.73 Å². The fraction of sp³-hybridized carbons (Fsp3) is 0.933. The molecule has 2 aliphatic rings. The van der Waals surface area contributed by atoms with Crippen molar-refractivity contribution >= 4 is 5.91 Å². The molecule has 2 rings (SSSR count). The molecular weight excluding hydrogens is 224 g/mol. The van der Waals surface area contributed by atoms with Crippen molar-refractivity contribution < 1.29 is 4.79 Å². The van der Waals surface area contributed by atoms with Crippen LogP contribution >= 0.6 is 0 Å². The van der Waals surface area contributed by atoms with Gasteiger partial charge < -0.3 is 10.6 Å². The van der Waals surface area contributed by atoms with E-state index in [-0.39, 0.29) is 10.8 Å². The summed E-state index contributed by atoms with van der Waals surface area (Å²) in [6.45, 7) is 6.87. The van der Waals surface area contributed by atoms with Crippen molar-refractivity contribution in [2.24, 2.45) is 16.6 Å². The molecule has 0 spiro atoms. The van der Waals surface area contributed by atoms with E-state index >= 15 is 0 Å². The van der Waals surface area contributed by atoms with Gasteiger partial charge in [-0.25, -0.2) is 0 Å². The Labute approximate surface area is 111 Å². The number of hydrogen-bond acceptors (Lipinski definition) is 2. The highest BCUT2D eigenvalue weighted by molar-refractivity contribution is 5.83. The van der Waals surface area contributed by atoms with Crippen molar-refractivity contribution in [3.63, 3.8) is 0 Å². The Hall–Kier alpha value is -0.570. The Balaban J connectivity index is 2.09. The molecule has 2 N–H and O–H groups in total. The molecule has 1 amide bonds. The van der Waals surface area contributed by atoms with Gasteiger partial charge in [0.05, 0.1) is 5.41 Å². The fourth-order valence-electron chi connectivity index (χ4n) is 3.53. The summed E-state index contributed by atoms with van der Waals surface area (Å²) in [5, 5.41) is 0. The molecule has 0 aromatic rings. The third-order valence-electron chi connectivity index (χ3n) is 4.87. The number of nitrogens with zero attached hydrogens (tertiary/aromatic N) is 1. The molecule has 1 saturated heterocycles. The van der Waals surface area contributed by atoms with E-state index < -0.39 is 0 Å². The van der Waals surface area contributed by atoms with Crippen LogP contribution in [0.3, 0.4) is 0 Å². The second kappa shape index (κ2) is 5.20. The zero-order valence-corrected chi connectivity index (χ0v) is 12.0. The summed E-state index contributed by atoms with van der Waals surface area (Å²) in [7, 11) is 0. The molecule has 0 unspecified atom stereocenters. The Morgan fingerprint density at radius 2 is 1.72 bits per heavy atom. The van der Waals surface area contributed by atoms with E-state index in [0.717, 1.165) is 32.4 Å². The van der Waals surface area contributed by atoms with Crippen LogP contribution in [-0.2, 0) is 4.79 Å². The molecule has 1 aliphatic carbocycles. The van der Waals surface area contributed by atoms with Crippen LogP contribution in [0.2, 0.25) is 0 Å². The zero-order chi connectivity index (χ0) is 13.2. The van der Waals surface area contributed by atoms with Gasteiger partial charge in [-0.2, -0.15) is 0 Å². The van der Waals surface area contributed by atoms with Crippen LogP contribution in [0.5, 0.6) is 0 Å². The van der Waals surface area contributed by atoms with E-state index in [2.05, 4.69) is 18.7 Å². The summed E-state index contributed by atoms with van der Waals surface area (Å²) in [5.41, 5.74) is 6.05. The maximum atomic E-state index is 12.8. The average Bonchev–Trinajstić information content (AvgIpc) is 2.57. The van der Waals surface area contributed by atoms with Gasteiger partial charge in [-0.1, -0.05) is 39.5 Å². The minimum Gasteiger partial charge on any atom is -0.342 e. The minimum absolute atomic E-state index is 0.239. The Bertz CT molecular complexity index is 304. The van der Waals surface area contributed by atoms with E-state index in [1.165, 1.54) is 25.7 Å². The van der Waals surface area contributed by atoms with E-state index in [1.807, 2.05) is 0 Å². The SMILES string of the molecule is CC1(C)CCN(C(=O)C2(CN)CCCCCC2)C1. The van der Waals surface area contributed by atoms with E-state index in [1.54, 1.807) is 0 Å². The van der Waals surface area contributed by atoms with E-state index in [4.69, 9.17) is 5.73 Å². The van der Waals surface area contributed by atoms with Gasteiger partial charge in [-0.05, 0) is 24.7 Å². The molecule has 18 heavy (non-hydrogen) atoms. The molecule has 3 nitrogen and oxygen atoms in total. The van der Waals surface area contributed by atoms with Crippen molar-refractivity contribution in [3.05, 3.63) is 0 Å². The molecule has 2 fully saturated rings. The smallest absolute Gasteiger partial charge is 0.230 e. The Kier molecular flexibility index (Phi) is 4.00. The summed E-state index contributed by atoms with van der Waals surface area (Å²) in [5.74, 6) is 0.345. The van der Waals surface area contributed by atoms with Gasteiger partial charge in [-0.15, -0.1) is 0 Å². The standard InChI is InChI=1S/C15H28N2O/c1-14(2)9-10-17(12-14)13(18)15(11-16)7-5-3-4-6-8-15/h3-12,16H2,1-2H3. The number of likely N-dealkylation sites (tertiary alicyclic amines) is 1. The average molecular weight is 252 g/mol. The molecule has 1 saturated carbocycles. The van der Waals surface area contributed by atoms with E-state index in [9.17, 15) is 4.79 Å². The monoisotopic (exact) mass is 252 g/mol. The van der Waals surface area contributed by atoms with Crippen LogP contribution in [0.1, 0.15) is 58.8 Å². The number of hydrogen-bond donors (Lipinski definition) is 1. The van der Waals surface area contributed by atoms with Crippen LogP contribution in [0.4, 0.5) is 0 Å². The van der Waals surface area contributed by atoms with E-state index in [0.29, 0.717) is 12.5 Å². The van der Waals surface area contributed by atoms with Crippen LogP contribution in [0.15, 0.2) is 0 Å². The summed E-state index contributed by atoms with van der Waals surface area (Å²) in [4.78, 5) is 14.9. The second-order valence-electron chi connectivity index (χ2n) is 7.04. The molecule has 104 valence electrons. The lowest BCUT2D eigenvalue weighted by Crippen LogP contribution is -2.47. The van der Waals surface area contributed by atoms with Crippen molar-refractivity contribution in [2.45, 2.75) is 58.8 Å². The predicted octanol–water partition coefficient (Wildman–Crippen LogP) is 2.54. The third-order valence-corrected chi connectivity index (χ3v) is 4.87. The van der Waals surface area contributed by atoms with Gasteiger partial charge >= 0.3 is 0 Å². The highest BCUT2D eigenvalue weighted by Gasteiger charge is 2.43. The van der Waals surface area contributed by atoms with Crippen molar-refractivity contribution in [3.8, 4) is 0 Å². The first kappa shape index (κ1) is 13.9. The number of rotatable bonds is 2. The topological polar surface area (TPSA) is 46.3 Å². The summed E-state index contributed by atoms with van der Waals surface area (Å²) in [6, 6.07) is 0. The summed E-state index contributed by atoms with van der Waals surface area (Å²) < 4.78 is 0. The number of carbonyl (C=O) groups is 1. The Morgan fingerprint density at radius 3 is 2.17 bits per heavy atom. The number of nitrogens with two attached hydrogens (primary N) is 1. The van der Waals surface area contributed by atoms with Crippen LogP contribution in [-0.4, -0.2) is 30.4 Å². The lowest BCUT2D eigenvalue weighted by atomic mass is 9.79. The first-order valence-corrected chi connectivity index (χ1v) is 7.49. The molecule has 0 radical (unpaired) electrons. The molecule has 0 aromatic carbocycles. The zero-order valence-electron chi connectivity index (χ0n) is 12.0. The maximum absolute atomic E-state index is 12.8. The van der Waals surface area contributed by atoms with Gasteiger partial charge in [0.25, 0.3) is 0 Å². The molecule has 1 heterocycles. The molecule has 1 aliphatic heterocycles. The Morgan fingerprint density at radius 1 is 1.11 bits per heavy atom. The van der Waals surface area contributed by atoms with Crippen LogP contribution in [0, 0.1) is 10.8 Å². The first-order valence-electron chi connectivity index (χ1n) is 7.49. The molecule has 0 bridgehead atoms. The van der Waals surface area contributed by atoms with Crippen molar-refractivity contribution in [1.29, 1.82) is 0 Å². The number of carbonyl (C=O) groups excluding carboxylic acids is 1. The lowest BCUT2D eigenvalue weighted by Gasteiger charge is -2.34. The first-order chi connectivity index (χ1) is 8.49. The summed E-state index contributed by atoms with van der Waals surface area (Å²) in [6.07, 6.45) is 7.99. The normalized spacial score (nSPS) is 26.9. The maximum Gasteiger partial charge on any atom is 0.230 e. The largest absolute Gasteiger partial charge is 0.342 e. The van der Waals surface area contributed by atoms with Gasteiger partial charge in [-0.3, -0.25) is 4.79 Å². The second-order valence-corrected chi connectivity index (χ2v) is 7.04. The van der Waals surface area contributed by atoms with Crippen molar-refractivity contribution in [2.75, 3.05) is 19.6 Å². The fourth-order valence-corrected chi connectivity index (χ4v) is 3.53. The highest BCUT2D eigenvalue weighted by Crippen LogP contribution is 2.39. The van der Waals surface area contributed by atoms with Crippen molar-refractivity contribution in [1.82, 2.24) is 4.90 Å². The lowest BCUT2D eigenvalue weighted by molar-refractivity contribution is -0.141. The van der Waals surface area contributed by atoms with Gasteiger partial charge in [0.1, 0.15) is 0 Å². The minimum atomic E-state index is -0.239. The molecule has 0 aromatic heterocycles. The molecule has 0 atom stereocenters. The number of amides is 1. The summed E-state index contributed by atoms with van der Waals surface area (Å²) >= 11 is 0. The predicted molar refractivity (Wildman–Crippen MR) is 74.2 cm³/mol. The van der Waals surface area contributed by atoms with Gasteiger partial charge in [0.15, 0.2) is 0 Å². The molecular formula is C15H28N2O. The molecule has 3 heteroatoms.